The average molecular weight is 211 g/mol. The van der Waals surface area contributed by atoms with Crippen LogP contribution in [0.5, 0.6) is 0 Å². The zero-order chi connectivity index (χ0) is 11.4. The van der Waals surface area contributed by atoms with Crippen molar-refractivity contribution < 1.29 is 19.4 Å². The van der Waals surface area contributed by atoms with Gasteiger partial charge in [-0.05, 0) is 0 Å². The summed E-state index contributed by atoms with van der Waals surface area (Å²) in [4.78, 5) is 35.1. The van der Waals surface area contributed by atoms with Gasteiger partial charge in [0.05, 0.1) is 13.5 Å². The number of esters is 1. The van der Waals surface area contributed by atoms with Gasteiger partial charge in [-0.2, -0.15) is 0 Å². The molecule has 0 saturated carbocycles. The maximum atomic E-state index is 11.1. The van der Waals surface area contributed by atoms with Crippen LogP contribution >= 0.6 is 0 Å². The van der Waals surface area contributed by atoms with E-state index in [1.165, 1.54) is 7.11 Å². The van der Waals surface area contributed by atoms with Crippen molar-refractivity contribution >= 4 is 11.9 Å². The van der Waals surface area contributed by atoms with Gasteiger partial charge in [0, 0.05) is 17.8 Å². The van der Waals surface area contributed by atoms with E-state index in [1.54, 1.807) is 0 Å². The molecular formula is C9H9NO5. The number of carboxylic acid groups (broad SMARTS) is 1. The molecule has 1 rings (SSSR count). The highest BCUT2D eigenvalue weighted by atomic mass is 16.5. The van der Waals surface area contributed by atoms with Gasteiger partial charge >= 0.3 is 11.9 Å². The molecule has 0 fully saturated rings. The first-order valence-electron chi connectivity index (χ1n) is 4.06. The number of carboxylic acids is 1. The molecule has 0 aliphatic heterocycles. The van der Waals surface area contributed by atoms with Crippen molar-refractivity contribution in [3.05, 3.63) is 33.7 Å². The van der Waals surface area contributed by atoms with Crippen molar-refractivity contribution in [1.82, 2.24) is 4.98 Å². The standard InChI is InChI=1S/C9H9NO5/c1-15-9(14)7-4-6(11)2-5(10-7)3-8(12)13/h2,4H,3H2,1H3,(H,10,11)(H,12,13). The van der Waals surface area contributed by atoms with E-state index < -0.39 is 17.4 Å². The Morgan fingerprint density at radius 3 is 2.67 bits per heavy atom. The van der Waals surface area contributed by atoms with E-state index >= 15 is 0 Å². The summed E-state index contributed by atoms with van der Waals surface area (Å²) >= 11 is 0. The van der Waals surface area contributed by atoms with Crippen LogP contribution in [-0.2, 0) is 16.0 Å². The quantitative estimate of drug-likeness (QED) is 0.674. The highest BCUT2D eigenvalue weighted by Gasteiger charge is 2.09. The van der Waals surface area contributed by atoms with Gasteiger partial charge in [0.2, 0.25) is 0 Å². The number of aromatic amines is 1. The van der Waals surface area contributed by atoms with E-state index in [2.05, 4.69) is 9.72 Å². The fraction of sp³-hybridized carbons (Fsp3) is 0.222. The van der Waals surface area contributed by atoms with Crippen LogP contribution in [0.15, 0.2) is 16.9 Å². The fourth-order valence-corrected chi connectivity index (χ4v) is 1.08. The summed E-state index contributed by atoms with van der Waals surface area (Å²) in [6, 6.07) is 2.18. The highest BCUT2D eigenvalue weighted by Crippen LogP contribution is 1.98. The largest absolute Gasteiger partial charge is 0.481 e. The second-order valence-corrected chi connectivity index (χ2v) is 2.82. The van der Waals surface area contributed by atoms with Gasteiger partial charge in [0.1, 0.15) is 5.69 Å². The van der Waals surface area contributed by atoms with Crippen molar-refractivity contribution in [2.75, 3.05) is 7.11 Å². The molecule has 1 aromatic rings. The SMILES string of the molecule is COC(=O)c1cc(=O)cc(CC(=O)O)[nH]1. The van der Waals surface area contributed by atoms with Crippen LogP contribution in [-0.4, -0.2) is 29.1 Å². The molecule has 80 valence electrons. The minimum atomic E-state index is -1.09. The summed E-state index contributed by atoms with van der Waals surface area (Å²) in [7, 11) is 1.17. The maximum absolute atomic E-state index is 11.1. The van der Waals surface area contributed by atoms with Gasteiger partial charge < -0.3 is 14.8 Å². The zero-order valence-corrected chi connectivity index (χ0v) is 7.94. The number of ether oxygens (including phenoxy) is 1. The molecule has 6 nitrogen and oxygen atoms in total. The van der Waals surface area contributed by atoms with Gasteiger partial charge in [-0.15, -0.1) is 0 Å². The summed E-state index contributed by atoms with van der Waals surface area (Å²) in [6.07, 6.45) is -0.347. The smallest absolute Gasteiger partial charge is 0.354 e. The molecular weight excluding hydrogens is 202 g/mol. The number of rotatable bonds is 3. The molecule has 0 spiro atoms. The summed E-state index contributed by atoms with van der Waals surface area (Å²) in [5.41, 5.74) is -0.331. The number of aromatic nitrogens is 1. The van der Waals surface area contributed by atoms with Crippen LogP contribution < -0.4 is 5.43 Å². The van der Waals surface area contributed by atoms with Gasteiger partial charge in [-0.25, -0.2) is 4.79 Å². The lowest BCUT2D eigenvalue weighted by atomic mass is 10.2. The second kappa shape index (κ2) is 4.41. The average Bonchev–Trinajstić information content (AvgIpc) is 2.14. The second-order valence-electron chi connectivity index (χ2n) is 2.82. The van der Waals surface area contributed by atoms with Gasteiger partial charge in [0.25, 0.3) is 0 Å². The number of hydrogen-bond acceptors (Lipinski definition) is 4. The van der Waals surface area contributed by atoms with E-state index in [9.17, 15) is 14.4 Å². The van der Waals surface area contributed by atoms with E-state index in [4.69, 9.17) is 5.11 Å². The molecule has 0 aliphatic rings. The number of H-pyrrole nitrogens is 1. The first-order chi connectivity index (χ1) is 7.02. The number of pyridine rings is 1. The summed E-state index contributed by atoms with van der Waals surface area (Å²) in [5, 5.41) is 8.51. The number of methoxy groups -OCH3 is 1. The number of nitrogens with one attached hydrogen (secondary N) is 1. The Labute approximate surface area is 84.5 Å². The molecule has 1 heterocycles. The Morgan fingerprint density at radius 2 is 2.13 bits per heavy atom. The zero-order valence-electron chi connectivity index (χ0n) is 7.94. The highest BCUT2D eigenvalue weighted by molar-refractivity contribution is 5.87. The Kier molecular flexibility index (Phi) is 3.22. The Bertz CT molecular complexity index is 448. The first-order valence-corrected chi connectivity index (χ1v) is 4.06. The van der Waals surface area contributed by atoms with Crippen LogP contribution in [0, 0.1) is 0 Å². The van der Waals surface area contributed by atoms with Crippen molar-refractivity contribution in [2.24, 2.45) is 0 Å². The Balaban J connectivity index is 3.10. The molecule has 0 atom stereocenters. The maximum Gasteiger partial charge on any atom is 0.354 e. The summed E-state index contributed by atoms with van der Waals surface area (Å²) < 4.78 is 4.39. The van der Waals surface area contributed by atoms with E-state index in [0.29, 0.717) is 0 Å². The van der Waals surface area contributed by atoms with Gasteiger partial charge in [-0.1, -0.05) is 0 Å². The monoisotopic (exact) mass is 211 g/mol. The van der Waals surface area contributed by atoms with Crippen LogP contribution in [0.3, 0.4) is 0 Å². The van der Waals surface area contributed by atoms with Crippen LogP contribution in [0.1, 0.15) is 16.2 Å². The Morgan fingerprint density at radius 1 is 1.47 bits per heavy atom. The minimum Gasteiger partial charge on any atom is -0.481 e. The summed E-state index contributed by atoms with van der Waals surface area (Å²) in [6.45, 7) is 0. The predicted molar refractivity (Wildman–Crippen MR) is 49.7 cm³/mol. The molecule has 0 radical (unpaired) electrons. The molecule has 0 aliphatic carbocycles. The predicted octanol–water partition coefficient (Wildman–Crippen LogP) is -0.211. The van der Waals surface area contributed by atoms with Crippen molar-refractivity contribution in [3.8, 4) is 0 Å². The lowest BCUT2D eigenvalue weighted by Gasteiger charge is -2.02. The fourth-order valence-electron chi connectivity index (χ4n) is 1.08. The molecule has 15 heavy (non-hydrogen) atoms. The first kappa shape index (κ1) is 11.0. The van der Waals surface area contributed by atoms with Crippen LogP contribution in [0.25, 0.3) is 0 Å². The minimum absolute atomic E-state index is 0.0544. The van der Waals surface area contributed by atoms with Crippen LogP contribution in [0.4, 0.5) is 0 Å². The third-order valence-corrected chi connectivity index (χ3v) is 1.65. The molecule has 0 saturated heterocycles. The number of hydrogen-bond donors (Lipinski definition) is 2. The van der Waals surface area contributed by atoms with Gasteiger partial charge in [0.15, 0.2) is 5.43 Å². The number of carbonyl (C=O) groups excluding carboxylic acids is 1. The number of aliphatic carboxylic acids is 1. The van der Waals surface area contributed by atoms with E-state index in [1.807, 2.05) is 0 Å². The Hall–Kier alpha value is -2.11. The van der Waals surface area contributed by atoms with Crippen LogP contribution in [0.2, 0.25) is 0 Å². The third kappa shape index (κ3) is 2.94. The lowest BCUT2D eigenvalue weighted by molar-refractivity contribution is -0.136. The molecule has 0 bridgehead atoms. The van der Waals surface area contributed by atoms with E-state index in [-0.39, 0.29) is 17.8 Å². The molecule has 1 aromatic heterocycles. The van der Waals surface area contributed by atoms with E-state index in [0.717, 1.165) is 12.1 Å². The molecule has 0 amide bonds. The molecule has 0 aromatic carbocycles. The lowest BCUT2D eigenvalue weighted by Crippen LogP contribution is -2.14. The molecule has 6 heteroatoms. The molecule has 0 unspecified atom stereocenters. The summed E-state index contributed by atoms with van der Waals surface area (Å²) in [5.74, 6) is -1.80. The molecule has 2 N–H and O–H groups in total. The van der Waals surface area contributed by atoms with Gasteiger partial charge in [-0.3, -0.25) is 9.59 Å². The van der Waals surface area contributed by atoms with Crippen molar-refractivity contribution in [2.45, 2.75) is 6.42 Å². The van der Waals surface area contributed by atoms with Crippen molar-refractivity contribution in [1.29, 1.82) is 0 Å². The normalized spacial score (nSPS) is 9.67. The van der Waals surface area contributed by atoms with Crippen molar-refractivity contribution in [3.63, 3.8) is 0 Å². The topological polar surface area (TPSA) is 96.5 Å². The third-order valence-electron chi connectivity index (χ3n) is 1.65. The number of carbonyl (C=O) groups is 2.